The van der Waals surface area contributed by atoms with Crippen molar-refractivity contribution in [2.75, 3.05) is 22.7 Å². The minimum atomic E-state index is -4.80. The number of amides is 2. The minimum Gasteiger partial charge on any atom is -0.486 e. The van der Waals surface area contributed by atoms with Gasteiger partial charge in [-0.15, -0.1) is 0 Å². The molecule has 2 aromatic carbocycles. The highest BCUT2D eigenvalue weighted by Crippen LogP contribution is 2.43. The molecule has 0 saturated heterocycles. The van der Waals surface area contributed by atoms with Crippen LogP contribution in [0.2, 0.25) is 0 Å². The fraction of sp³-hybridized carbons (Fsp3) is 0.423. The first kappa shape index (κ1) is 31.5. The fourth-order valence-electron chi connectivity index (χ4n) is 3.99. The lowest BCUT2D eigenvalue weighted by molar-refractivity contribution is -0.138. The van der Waals surface area contributed by atoms with E-state index < -0.39 is 62.9 Å². The molecular weight excluding hydrogens is 571 g/mol. The number of aliphatic carboxylic acids is 1. The smallest absolute Gasteiger partial charge is 0.416 e. The molecule has 0 saturated carbocycles. The molecule has 11 nitrogen and oxygen atoms in total. The highest BCUT2D eigenvalue weighted by Gasteiger charge is 2.39. The molecule has 3 N–H and O–H groups in total. The molecule has 0 fully saturated rings. The largest absolute Gasteiger partial charge is 0.486 e. The van der Waals surface area contributed by atoms with E-state index in [0.717, 1.165) is 22.5 Å². The maximum Gasteiger partial charge on any atom is 0.416 e. The summed E-state index contributed by atoms with van der Waals surface area (Å²) < 4.78 is 79.8. The summed E-state index contributed by atoms with van der Waals surface area (Å²) in [4.78, 5) is 34.9. The zero-order chi connectivity index (χ0) is 30.8. The molecule has 3 rings (SSSR count). The second-order valence-electron chi connectivity index (χ2n) is 10.2. The third-order valence-corrected chi connectivity index (χ3v) is 7.53. The average molecular weight is 602 g/mol. The number of carboxylic acids is 1. The van der Waals surface area contributed by atoms with Gasteiger partial charge in [0.05, 0.1) is 35.5 Å². The molecule has 15 heteroatoms. The first-order valence-electron chi connectivity index (χ1n) is 12.4. The molecule has 1 aliphatic heterocycles. The van der Waals surface area contributed by atoms with Crippen molar-refractivity contribution in [2.45, 2.75) is 63.3 Å². The van der Waals surface area contributed by atoms with E-state index in [9.17, 15) is 36.0 Å². The zero-order valence-electron chi connectivity index (χ0n) is 22.7. The molecule has 0 bridgehead atoms. The number of benzene rings is 2. The molecule has 1 atom stereocenters. The quantitative estimate of drug-likeness (QED) is 0.405. The van der Waals surface area contributed by atoms with Crippen molar-refractivity contribution in [1.29, 1.82) is 0 Å². The third-order valence-electron chi connectivity index (χ3n) is 5.77. The molecule has 2 amide bonds. The van der Waals surface area contributed by atoms with Gasteiger partial charge in [-0.3, -0.25) is 19.2 Å². The molecule has 0 spiro atoms. The summed E-state index contributed by atoms with van der Waals surface area (Å²) in [7, 11) is -4.65. The van der Waals surface area contributed by atoms with E-state index in [4.69, 9.17) is 14.6 Å². The Morgan fingerprint density at radius 3 is 2.44 bits per heavy atom. The highest BCUT2D eigenvalue weighted by molar-refractivity contribution is 7.92. The van der Waals surface area contributed by atoms with Crippen LogP contribution in [0.4, 0.5) is 29.3 Å². The topological polar surface area (TPSA) is 151 Å². The van der Waals surface area contributed by atoms with Crippen LogP contribution >= 0.6 is 0 Å². The van der Waals surface area contributed by atoms with Crippen LogP contribution in [-0.4, -0.2) is 56.3 Å². The number of carboxylic acid groups (broad SMARTS) is 1. The molecule has 1 unspecified atom stereocenters. The molecule has 41 heavy (non-hydrogen) atoms. The van der Waals surface area contributed by atoms with E-state index in [1.54, 1.807) is 20.8 Å². The van der Waals surface area contributed by atoms with Crippen molar-refractivity contribution in [2.24, 2.45) is 0 Å². The summed E-state index contributed by atoms with van der Waals surface area (Å²) in [5.41, 5.74) is -1.66. The Morgan fingerprint density at radius 2 is 1.83 bits per heavy atom. The fourth-order valence-corrected chi connectivity index (χ4v) is 5.61. The maximum atomic E-state index is 13.8. The number of hydrogen-bond donors (Lipinski definition) is 3. The van der Waals surface area contributed by atoms with Crippen LogP contribution < -0.4 is 19.7 Å². The summed E-state index contributed by atoms with van der Waals surface area (Å²) in [5, 5.41) is 13.7. The Kier molecular flexibility index (Phi) is 9.11. The second-order valence-corrected chi connectivity index (χ2v) is 12.1. The summed E-state index contributed by atoms with van der Waals surface area (Å²) in [6, 6.07) is 6.03. The number of anilines is 2. The predicted octanol–water partition coefficient (Wildman–Crippen LogP) is 4.30. The molecule has 224 valence electrons. The van der Waals surface area contributed by atoms with Crippen LogP contribution in [0.5, 0.6) is 5.75 Å². The Balaban J connectivity index is 2.03. The molecule has 0 aromatic heterocycles. The van der Waals surface area contributed by atoms with Gasteiger partial charge in [-0.25, -0.2) is 13.2 Å². The first-order valence-corrected chi connectivity index (χ1v) is 13.8. The predicted molar refractivity (Wildman–Crippen MR) is 141 cm³/mol. The Hall–Kier alpha value is -4.01. The van der Waals surface area contributed by atoms with Gasteiger partial charge < -0.3 is 19.9 Å². The molecule has 2 aromatic rings. The number of carbonyl (C=O) groups is 3. The van der Waals surface area contributed by atoms with E-state index in [2.05, 4.69) is 10.6 Å². The van der Waals surface area contributed by atoms with Crippen molar-refractivity contribution in [3.05, 3.63) is 47.5 Å². The highest BCUT2D eigenvalue weighted by atomic mass is 32.2. The monoisotopic (exact) mass is 601 g/mol. The van der Waals surface area contributed by atoms with Gasteiger partial charge in [0.2, 0.25) is 5.91 Å². The third kappa shape index (κ3) is 8.02. The van der Waals surface area contributed by atoms with Gasteiger partial charge in [0.15, 0.2) is 0 Å². The van der Waals surface area contributed by atoms with Crippen molar-refractivity contribution in [3.8, 4) is 5.75 Å². The normalized spacial score (nSPS) is 15.4. The SMILES string of the molecule is Cc1c(NC(=O)OC(C)(C)C)ccc2c1N(S(=O)(=O)c1cccc(C(F)(F)F)c1)CC(CC(=O)NCCC(=O)O)O2. The van der Waals surface area contributed by atoms with Gasteiger partial charge in [0.1, 0.15) is 17.5 Å². The number of rotatable bonds is 8. The molecule has 1 aliphatic rings. The lowest BCUT2D eigenvalue weighted by Crippen LogP contribution is -2.46. The summed E-state index contributed by atoms with van der Waals surface area (Å²) in [5.74, 6) is -1.74. The van der Waals surface area contributed by atoms with E-state index >= 15 is 0 Å². The van der Waals surface area contributed by atoms with Crippen LogP contribution in [0.25, 0.3) is 0 Å². The average Bonchev–Trinajstić information content (AvgIpc) is 2.83. The van der Waals surface area contributed by atoms with E-state index in [-0.39, 0.29) is 42.1 Å². The van der Waals surface area contributed by atoms with Crippen molar-refractivity contribution < 1.29 is 50.6 Å². The molecule has 0 aliphatic carbocycles. The number of alkyl halides is 3. The van der Waals surface area contributed by atoms with Gasteiger partial charge in [0, 0.05) is 17.8 Å². The molecule has 1 heterocycles. The number of fused-ring (bicyclic) bond motifs is 1. The van der Waals surface area contributed by atoms with Crippen LogP contribution in [0.15, 0.2) is 41.3 Å². The van der Waals surface area contributed by atoms with Crippen molar-refractivity contribution >= 4 is 39.4 Å². The number of nitrogens with one attached hydrogen (secondary N) is 2. The van der Waals surface area contributed by atoms with Crippen LogP contribution in [0.1, 0.15) is 44.7 Å². The number of sulfonamides is 1. The lowest BCUT2D eigenvalue weighted by Gasteiger charge is -2.37. The second kappa shape index (κ2) is 11.8. The molecule has 0 radical (unpaired) electrons. The van der Waals surface area contributed by atoms with Gasteiger partial charge in [0.25, 0.3) is 10.0 Å². The lowest BCUT2D eigenvalue weighted by atomic mass is 10.1. The Morgan fingerprint density at radius 1 is 1.15 bits per heavy atom. The standard InChI is InChI=1S/C26H30F3N3O8S/c1-15-19(31-24(36)40-25(2,3)4)8-9-20-23(15)32(14-17(39-20)13-21(33)30-11-10-22(34)35)41(37,38)18-7-5-6-16(12-18)26(27,28)29/h5-9,12,17H,10-11,13-14H2,1-4H3,(H,30,33)(H,31,36)(H,34,35). The van der Waals surface area contributed by atoms with E-state index in [1.165, 1.54) is 19.1 Å². The van der Waals surface area contributed by atoms with Crippen LogP contribution in [0, 0.1) is 6.92 Å². The van der Waals surface area contributed by atoms with Crippen LogP contribution in [0.3, 0.4) is 0 Å². The number of halogens is 3. The van der Waals surface area contributed by atoms with Gasteiger partial charge in [-0.05, 0) is 58.0 Å². The van der Waals surface area contributed by atoms with Crippen molar-refractivity contribution in [3.63, 3.8) is 0 Å². The summed E-state index contributed by atoms with van der Waals surface area (Å²) in [6.07, 6.45) is -7.39. The van der Waals surface area contributed by atoms with Crippen molar-refractivity contribution in [1.82, 2.24) is 5.32 Å². The van der Waals surface area contributed by atoms with Crippen LogP contribution in [-0.2, 0) is 30.5 Å². The summed E-state index contributed by atoms with van der Waals surface area (Å²) >= 11 is 0. The van der Waals surface area contributed by atoms with E-state index in [0.29, 0.717) is 6.07 Å². The summed E-state index contributed by atoms with van der Waals surface area (Å²) in [6.45, 7) is 5.82. The first-order chi connectivity index (χ1) is 18.9. The van der Waals surface area contributed by atoms with E-state index in [1.807, 2.05) is 0 Å². The van der Waals surface area contributed by atoms with Gasteiger partial charge >= 0.3 is 18.2 Å². The minimum absolute atomic E-state index is 0.00220. The maximum absolute atomic E-state index is 13.8. The molecular formula is C26H30F3N3O8S. The van der Waals surface area contributed by atoms with Gasteiger partial charge in [-0.1, -0.05) is 6.07 Å². The number of carbonyl (C=O) groups excluding carboxylic acids is 2. The zero-order valence-corrected chi connectivity index (χ0v) is 23.5. The Labute approximate surface area is 234 Å². The number of hydrogen-bond acceptors (Lipinski definition) is 7. The number of nitrogens with zero attached hydrogens (tertiary/aromatic N) is 1. The Bertz CT molecular complexity index is 1440. The van der Waals surface area contributed by atoms with Gasteiger partial charge in [-0.2, -0.15) is 13.2 Å². The number of ether oxygens (including phenoxy) is 2.